The first-order chi connectivity index (χ1) is 22.4. The molecule has 1 aliphatic rings. The van der Waals surface area contributed by atoms with E-state index in [1.165, 1.54) is 0 Å². The van der Waals surface area contributed by atoms with Crippen LogP contribution >= 0.6 is 7.82 Å². The third kappa shape index (κ3) is 18.6. The highest BCUT2D eigenvalue weighted by Crippen LogP contribution is 2.47. The maximum Gasteiger partial charge on any atom is 0.472 e. The lowest BCUT2D eigenvalue weighted by Crippen LogP contribution is -2.64. The number of unbranched alkanes of at least 4 members (excludes halogenated alkanes) is 2. The summed E-state index contributed by atoms with van der Waals surface area (Å²) < 4.78 is 32.7. The van der Waals surface area contributed by atoms with Gasteiger partial charge >= 0.3 is 19.8 Å². The first-order valence-corrected chi connectivity index (χ1v) is 17.6. The Hall–Kier alpha value is -2.45. The van der Waals surface area contributed by atoms with Crippen molar-refractivity contribution in [2.45, 2.75) is 121 Å². The molecule has 0 radical (unpaired) electrons. The number of rotatable bonds is 23. The maximum atomic E-state index is 12.6. The molecule has 1 saturated carbocycles. The molecule has 1 fully saturated rings. The number of hydrogen-bond acceptors (Lipinski definition) is 12. The van der Waals surface area contributed by atoms with Gasteiger partial charge in [0.15, 0.2) is 6.10 Å². The Balaban J connectivity index is 2.62. The van der Waals surface area contributed by atoms with Crippen molar-refractivity contribution in [2.75, 3.05) is 13.2 Å². The lowest BCUT2D eigenvalue weighted by Gasteiger charge is -2.41. The minimum atomic E-state index is -5.12. The monoisotopic (exact) mass is 688 g/mol. The Morgan fingerprint density at radius 3 is 1.68 bits per heavy atom. The number of aliphatic hydroxyl groups is 5. The van der Waals surface area contributed by atoms with Gasteiger partial charge in [0.05, 0.1) is 13.0 Å². The molecule has 0 heterocycles. The summed E-state index contributed by atoms with van der Waals surface area (Å²) in [5.41, 5.74) is 0. The Morgan fingerprint density at radius 1 is 0.681 bits per heavy atom. The van der Waals surface area contributed by atoms with Gasteiger partial charge in [-0.2, -0.15) is 0 Å². The predicted molar refractivity (Wildman–Crippen MR) is 175 cm³/mol. The van der Waals surface area contributed by atoms with Gasteiger partial charge in [0.2, 0.25) is 0 Å². The molecule has 13 nitrogen and oxygen atoms in total. The van der Waals surface area contributed by atoms with E-state index in [0.717, 1.165) is 38.5 Å². The molecule has 0 amide bonds. The van der Waals surface area contributed by atoms with E-state index in [2.05, 4.69) is 43.4 Å². The highest BCUT2D eigenvalue weighted by Gasteiger charge is 2.51. The van der Waals surface area contributed by atoms with Crippen LogP contribution < -0.4 is 0 Å². The molecule has 0 aromatic heterocycles. The van der Waals surface area contributed by atoms with Gasteiger partial charge in [0.25, 0.3) is 0 Å². The molecule has 0 aromatic rings. The maximum absolute atomic E-state index is 12.6. The lowest BCUT2D eigenvalue weighted by atomic mass is 9.85. The summed E-state index contributed by atoms with van der Waals surface area (Å²) in [5.74, 6) is -1.29. The summed E-state index contributed by atoms with van der Waals surface area (Å²) in [6.07, 6.45) is 13.1. The third-order valence-electron chi connectivity index (χ3n) is 6.91. The molecular weight excluding hydrogens is 635 g/mol. The van der Waals surface area contributed by atoms with E-state index >= 15 is 0 Å². The zero-order valence-corrected chi connectivity index (χ0v) is 28.2. The highest BCUT2D eigenvalue weighted by molar-refractivity contribution is 7.47. The molecule has 6 atom stereocenters. The number of ether oxygens (including phenoxy) is 2. The fourth-order valence-electron chi connectivity index (χ4n) is 4.24. The second kappa shape index (κ2) is 24.7. The first-order valence-electron chi connectivity index (χ1n) is 16.1. The minimum Gasteiger partial charge on any atom is -0.462 e. The summed E-state index contributed by atoms with van der Waals surface area (Å²) in [7, 11) is -5.12. The van der Waals surface area contributed by atoms with Gasteiger partial charge in [-0.05, 0) is 38.5 Å². The van der Waals surface area contributed by atoms with Gasteiger partial charge in [-0.15, -0.1) is 0 Å². The summed E-state index contributed by atoms with van der Waals surface area (Å²) in [5, 5.41) is 49.5. The molecule has 47 heavy (non-hydrogen) atoms. The topological polar surface area (TPSA) is 210 Å². The number of carbonyl (C=O) groups is 2. The SMILES string of the molecule is CC/C=C\C/C=C\C/C=C\C/C=C\C/C=C\CC(=O)OC(COC(=O)CCCCC)COP(=O)(O)OC1C(O)C(O)C(O)C(O)C1O. The van der Waals surface area contributed by atoms with Crippen LogP contribution in [0, 0.1) is 0 Å². The van der Waals surface area contributed by atoms with Crippen molar-refractivity contribution in [2.24, 2.45) is 0 Å². The quantitative estimate of drug-likeness (QED) is 0.0394. The number of hydrogen-bond donors (Lipinski definition) is 6. The van der Waals surface area contributed by atoms with E-state index in [4.69, 9.17) is 18.5 Å². The van der Waals surface area contributed by atoms with Gasteiger partial charge in [-0.3, -0.25) is 18.6 Å². The zero-order valence-electron chi connectivity index (χ0n) is 27.3. The Kier molecular flexibility index (Phi) is 22.3. The van der Waals surface area contributed by atoms with Crippen LogP contribution in [0.3, 0.4) is 0 Å². The molecule has 1 rings (SSSR count). The van der Waals surface area contributed by atoms with Crippen LogP contribution in [0.5, 0.6) is 0 Å². The summed E-state index contributed by atoms with van der Waals surface area (Å²) >= 11 is 0. The Labute approximate surface area is 277 Å². The summed E-state index contributed by atoms with van der Waals surface area (Å²) in [6, 6.07) is 0. The van der Waals surface area contributed by atoms with Crippen molar-refractivity contribution in [1.29, 1.82) is 0 Å². The van der Waals surface area contributed by atoms with E-state index in [9.17, 15) is 44.6 Å². The highest BCUT2D eigenvalue weighted by atomic mass is 31.2. The lowest BCUT2D eigenvalue weighted by molar-refractivity contribution is -0.220. The Morgan fingerprint density at radius 2 is 1.17 bits per heavy atom. The van der Waals surface area contributed by atoms with Crippen LogP contribution in [0.1, 0.15) is 78.1 Å². The van der Waals surface area contributed by atoms with Gasteiger partial charge in [-0.25, -0.2) is 4.57 Å². The molecule has 0 bridgehead atoms. The molecule has 268 valence electrons. The van der Waals surface area contributed by atoms with Crippen LogP contribution in [0.25, 0.3) is 0 Å². The van der Waals surface area contributed by atoms with Gasteiger partial charge in [-0.1, -0.05) is 87.4 Å². The number of allylic oxidation sites excluding steroid dienone is 9. The van der Waals surface area contributed by atoms with Gasteiger partial charge < -0.3 is 39.9 Å². The van der Waals surface area contributed by atoms with Crippen LogP contribution in [0.2, 0.25) is 0 Å². The van der Waals surface area contributed by atoms with Crippen LogP contribution in [0.4, 0.5) is 0 Å². The Bertz CT molecular complexity index is 1070. The molecule has 0 spiro atoms. The zero-order chi connectivity index (χ0) is 35.1. The smallest absolute Gasteiger partial charge is 0.462 e. The number of esters is 2. The van der Waals surface area contributed by atoms with Crippen LogP contribution in [0.15, 0.2) is 60.8 Å². The molecule has 6 unspecified atom stereocenters. The second-order valence-electron chi connectivity index (χ2n) is 11.0. The van der Waals surface area contributed by atoms with Crippen molar-refractivity contribution in [3.05, 3.63) is 60.8 Å². The van der Waals surface area contributed by atoms with Crippen LogP contribution in [-0.2, 0) is 32.7 Å². The van der Waals surface area contributed by atoms with Crippen molar-refractivity contribution in [3.63, 3.8) is 0 Å². The van der Waals surface area contributed by atoms with Gasteiger partial charge in [0, 0.05) is 6.42 Å². The predicted octanol–water partition coefficient (Wildman–Crippen LogP) is 3.48. The summed E-state index contributed by atoms with van der Waals surface area (Å²) in [6.45, 7) is 2.81. The fraction of sp³-hybridized carbons (Fsp3) is 0.636. The number of phosphoric ester groups is 1. The number of aliphatic hydroxyl groups excluding tert-OH is 5. The molecule has 1 aliphatic carbocycles. The van der Waals surface area contributed by atoms with Crippen molar-refractivity contribution in [1.82, 2.24) is 0 Å². The van der Waals surface area contributed by atoms with Crippen molar-refractivity contribution < 1.29 is 63.1 Å². The third-order valence-corrected chi connectivity index (χ3v) is 7.89. The molecule has 0 aliphatic heterocycles. The minimum absolute atomic E-state index is 0.130. The van der Waals surface area contributed by atoms with E-state index < -0.39 is 75.7 Å². The molecule has 14 heteroatoms. The number of phosphoric acid groups is 1. The first kappa shape index (κ1) is 42.6. The average Bonchev–Trinajstić information content (AvgIpc) is 3.04. The molecule has 0 aromatic carbocycles. The van der Waals surface area contributed by atoms with E-state index in [-0.39, 0.29) is 12.8 Å². The fourth-order valence-corrected chi connectivity index (χ4v) is 5.21. The van der Waals surface area contributed by atoms with Crippen LogP contribution in [-0.4, -0.2) is 98.3 Å². The molecule has 0 saturated heterocycles. The normalized spacial score (nSPS) is 25.7. The second-order valence-corrected chi connectivity index (χ2v) is 12.4. The average molecular weight is 689 g/mol. The van der Waals surface area contributed by atoms with Crippen molar-refractivity contribution in [3.8, 4) is 0 Å². The van der Waals surface area contributed by atoms with E-state index in [0.29, 0.717) is 12.8 Å². The standard InChI is InChI=1S/C33H53O13P/c1-3-5-7-8-9-10-11-12-13-14-15-16-17-18-20-22-27(35)45-25(23-43-26(34)21-19-6-4-2)24-44-47(41,42)46-33-31(39)29(37)28(36)30(38)32(33)40/h5,7,9-10,12-13,15-16,18,20,25,28-33,36-40H,3-4,6,8,11,14,17,19,21-24H2,1-2H3,(H,41,42)/b7-5-,10-9-,13-12-,16-15-,20-18-. The summed E-state index contributed by atoms with van der Waals surface area (Å²) in [4.78, 5) is 34.7. The number of carbonyl (C=O) groups excluding carboxylic acids is 2. The van der Waals surface area contributed by atoms with Crippen molar-refractivity contribution >= 4 is 19.8 Å². The van der Waals surface area contributed by atoms with Gasteiger partial charge in [0.1, 0.15) is 43.2 Å². The molecular formula is C33H53O13P. The molecule has 6 N–H and O–H groups in total. The van der Waals surface area contributed by atoms with E-state index in [1.54, 1.807) is 12.2 Å². The largest absolute Gasteiger partial charge is 0.472 e. The van der Waals surface area contributed by atoms with E-state index in [1.807, 2.05) is 19.1 Å².